The average molecular weight is 220 g/mol. The third-order valence-corrected chi connectivity index (χ3v) is 2.34. The smallest absolute Gasteiger partial charge is 0.124 e. The van der Waals surface area contributed by atoms with Gasteiger partial charge in [-0.3, -0.25) is 4.68 Å². The van der Waals surface area contributed by atoms with Crippen LogP contribution in [0.25, 0.3) is 0 Å². The molecule has 1 N–H and O–H groups in total. The van der Waals surface area contributed by atoms with Gasteiger partial charge in [0.05, 0.1) is 11.4 Å². The van der Waals surface area contributed by atoms with Crippen molar-refractivity contribution in [2.75, 3.05) is 0 Å². The van der Waals surface area contributed by atoms with E-state index in [0.717, 1.165) is 25.2 Å². The van der Waals surface area contributed by atoms with Crippen LogP contribution >= 0.6 is 0 Å². The van der Waals surface area contributed by atoms with E-state index in [1.807, 2.05) is 23.0 Å². The molecule has 2 aromatic rings. The highest BCUT2D eigenvalue weighted by Crippen LogP contribution is 2.01. The Morgan fingerprint density at radius 2 is 2.31 bits per heavy atom. The van der Waals surface area contributed by atoms with Gasteiger partial charge in [0.1, 0.15) is 6.26 Å². The van der Waals surface area contributed by atoms with Crippen molar-refractivity contribution in [3.05, 3.63) is 36.0 Å². The Morgan fingerprint density at radius 1 is 1.38 bits per heavy atom. The van der Waals surface area contributed by atoms with Crippen LogP contribution < -0.4 is 5.32 Å². The lowest BCUT2D eigenvalue weighted by Crippen LogP contribution is -2.16. The van der Waals surface area contributed by atoms with Gasteiger partial charge in [0, 0.05) is 31.9 Å². The highest BCUT2D eigenvalue weighted by Gasteiger charge is 2.01. The molecular weight excluding hydrogens is 204 g/mol. The minimum atomic E-state index is 0.716. The summed E-state index contributed by atoms with van der Waals surface area (Å²) in [6, 6.07) is 3.89. The van der Waals surface area contributed by atoms with Crippen LogP contribution in [-0.4, -0.2) is 14.9 Å². The first kappa shape index (κ1) is 10.9. The van der Waals surface area contributed by atoms with Crippen LogP contribution in [-0.2, 0) is 19.6 Å². The van der Waals surface area contributed by atoms with Gasteiger partial charge in [0.15, 0.2) is 0 Å². The largest absolute Gasteiger partial charge is 0.364 e. The normalized spacial score (nSPS) is 10.8. The Kier molecular flexibility index (Phi) is 3.71. The van der Waals surface area contributed by atoms with Crippen molar-refractivity contribution in [2.45, 2.75) is 33.0 Å². The van der Waals surface area contributed by atoms with Gasteiger partial charge in [0.25, 0.3) is 0 Å². The molecule has 2 heterocycles. The van der Waals surface area contributed by atoms with Gasteiger partial charge < -0.3 is 9.84 Å². The van der Waals surface area contributed by atoms with Crippen molar-refractivity contribution in [3.8, 4) is 0 Å². The maximum atomic E-state index is 4.76. The molecule has 0 spiro atoms. The molecule has 16 heavy (non-hydrogen) atoms. The molecule has 0 saturated heterocycles. The zero-order chi connectivity index (χ0) is 11.2. The Bertz CT molecular complexity index is 407. The van der Waals surface area contributed by atoms with Crippen molar-refractivity contribution in [1.82, 2.24) is 20.3 Å². The highest BCUT2D eigenvalue weighted by molar-refractivity contribution is 5.01. The number of nitrogens with one attached hydrogen (secondary N) is 1. The fraction of sp³-hybridized carbons (Fsp3) is 0.455. The Balaban J connectivity index is 1.82. The van der Waals surface area contributed by atoms with E-state index >= 15 is 0 Å². The van der Waals surface area contributed by atoms with Crippen molar-refractivity contribution < 1.29 is 4.52 Å². The fourth-order valence-corrected chi connectivity index (χ4v) is 1.57. The summed E-state index contributed by atoms with van der Waals surface area (Å²) in [5.74, 6) is 0. The van der Waals surface area contributed by atoms with E-state index < -0.39 is 0 Å². The standard InChI is InChI=1S/C11H16N4O/c1-2-6-15-11(3-5-13-15)9-12-8-10-4-7-16-14-10/h3-5,7,12H,2,6,8-9H2,1H3. The van der Waals surface area contributed by atoms with E-state index in [0.29, 0.717) is 6.54 Å². The molecule has 5 nitrogen and oxygen atoms in total. The van der Waals surface area contributed by atoms with E-state index in [1.165, 1.54) is 5.69 Å². The van der Waals surface area contributed by atoms with Crippen LogP contribution in [0, 0.1) is 0 Å². The zero-order valence-corrected chi connectivity index (χ0v) is 9.39. The van der Waals surface area contributed by atoms with Gasteiger partial charge in [0.2, 0.25) is 0 Å². The summed E-state index contributed by atoms with van der Waals surface area (Å²) >= 11 is 0. The van der Waals surface area contributed by atoms with Crippen molar-refractivity contribution in [3.63, 3.8) is 0 Å². The number of rotatable bonds is 6. The SMILES string of the molecule is CCCn1nccc1CNCc1ccon1. The van der Waals surface area contributed by atoms with E-state index in [-0.39, 0.29) is 0 Å². The van der Waals surface area contributed by atoms with E-state index in [2.05, 4.69) is 22.5 Å². The third-order valence-electron chi connectivity index (χ3n) is 2.34. The first-order valence-corrected chi connectivity index (χ1v) is 5.51. The molecule has 0 aromatic carbocycles. The summed E-state index contributed by atoms with van der Waals surface area (Å²) in [4.78, 5) is 0. The Morgan fingerprint density at radius 3 is 3.06 bits per heavy atom. The summed E-state index contributed by atoms with van der Waals surface area (Å²) in [7, 11) is 0. The van der Waals surface area contributed by atoms with E-state index in [4.69, 9.17) is 4.52 Å². The first-order chi connectivity index (χ1) is 7.90. The lowest BCUT2D eigenvalue weighted by Gasteiger charge is -2.06. The van der Waals surface area contributed by atoms with Crippen molar-refractivity contribution in [1.29, 1.82) is 0 Å². The van der Waals surface area contributed by atoms with Crippen LogP contribution in [0.3, 0.4) is 0 Å². The molecule has 0 aliphatic rings. The number of hydrogen-bond donors (Lipinski definition) is 1. The minimum Gasteiger partial charge on any atom is -0.364 e. The summed E-state index contributed by atoms with van der Waals surface area (Å²) in [5.41, 5.74) is 2.12. The Hall–Kier alpha value is -1.62. The van der Waals surface area contributed by atoms with Gasteiger partial charge in [-0.2, -0.15) is 5.10 Å². The van der Waals surface area contributed by atoms with Gasteiger partial charge in [-0.05, 0) is 12.5 Å². The predicted molar refractivity (Wildman–Crippen MR) is 59.6 cm³/mol. The van der Waals surface area contributed by atoms with Gasteiger partial charge >= 0.3 is 0 Å². The molecule has 0 atom stereocenters. The quantitative estimate of drug-likeness (QED) is 0.802. The number of aromatic nitrogens is 3. The molecule has 0 unspecified atom stereocenters. The fourth-order valence-electron chi connectivity index (χ4n) is 1.57. The van der Waals surface area contributed by atoms with Crippen molar-refractivity contribution >= 4 is 0 Å². The lowest BCUT2D eigenvalue weighted by atomic mass is 10.3. The first-order valence-electron chi connectivity index (χ1n) is 5.51. The van der Waals surface area contributed by atoms with Gasteiger partial charge in [-0.25, -0.2) is 0 Å². The second-order valence-electron chi connectivity index (χ2n) is 3.64. The number of aryl methyl sites for hydroxylation is 1. The molecule has 0 fully saturated rings. The zero-order valence-electron chi connectivity index (χ0n) is 9.39. The second-order valence-corrected chi connectivity index (χ2v) is 3.64. The van der Waals surface area contributed by atoms with Crippen LogP contribution in [0.4, 0.5) is 0 Å². The highest BCUT2D eigenvalue weighted by atomic mass is 16.5. The summed E-state index contributed by atoms with van der Waals surface area (Å²) in [6.45, 7) is 4.63. The van der Waals surface area contributed by atoms with Crippen LogP contribution in [0.15, 0.2) is 29.1 Å². The van der Waals surface area contributed by atoms with E-state index in [9.17, 15) is 0 Å². The van der Waals surface area contributed by atoms with Crippen molar-refractivity contribution in [2.24, 2.45) is 0 Å². The molecule has 0 aliphatic heterocycles. The molecule has 0 radical (unpaired) electrons. The molecule has 0 amide bonds. The maximum absolute atomic E-state index is 4.76. The van der Waals surface area contributed by atoms with Gasteiger partial charge in [-0.15, -0.1) is 0 Å². The monoisotopic (exact) mass is 220 g/mol. The second kappa shape index (κ2) is 5.46. The summed E-state index contributed by atoms with van der Waals surface area (Å²) < 4.78 is 6.78. The molecule has 0 saturated carbocycles. The molecule has 2 aromatic heterocycles. The van der Waals surface area contributed by atoms with Crippen LogP contribution in [0.2, 0.25) is 0 Å². The maximum Gasteiger partial charge on any atom is 0.124 e. The van der Waals surface area contributed by atoms with Gasteiger partial charge in [-0.1, -0.05) is 12.1 Å². The number of hydrogen-bond acceptors (Lipinski definition) is 4. The summed E-state index contributed by atoms with van der Waals surface area (Å²) in [5, 5.41) is 11.4. The minimum absolute atomic E-state index is 0.716. The average Bonchev–Trinajstić information content (AvgIpc) is 2.91. The lowest BCUT2D eigenvalue weighted by molar-refractivity contribution is 0.408. The molecular formula is C11H16N4O. The molecule has 0 bridgehead atoms. The third kappa shape index (κ3) is 2.70. The number of nitrogens with zero attached hydrogens (tertiary/aromatic N) is 3. The van der Waals surface area contributed by atoms with E-state index in [1.54, 1.807) is 6.26 Å². The van der Waals surface area contributed by atoms with Crippen LogP contribution in [0.1, 0.15) is 24.7 Å². The molecule has 0 aliphatic carbocycles. The topological polar surface area (TPSA) is 55.9 Å². The molecule has 2 rings (SSSR count). The molecule has 86 valence electrons. The summed E-state index contributed by atoms with van der Waals surface area (Å²) in [6.07, 6.45) is 4.51. The predicted octanol–water partition coefficient (Wildman–Crippen LogP) is 1.57. The Labute approximate surface area is 94.4 Å². The molecule has 5 heteroatoms. The van der Waals surface area contributed by atoms with Crippen LogP contribution in [0.5, 0.6) is 0 Å².